The average molecular weight is 1440 g/mol. The fraction of sp³-hybridized carbons (Fsp3) is 0.945. The molecule has 8 rings (SSSR count). The summed E-state index contributed by atoms with van der Waals surface area (Å²) in [7, 11) is 0. The van der Waals surface area contributed by atoms with Crippen molar-refractivity contribution in [1.82, 2.24) is 10.6 Å². The molecule has 8 saturated heterocycles. The Bertz CT molecular complexity index is 2560. The Kier molecular flexibility index (Phi) is 27.8. The van der Waals surface area contributed by atoms with E-state index in [4.69, 9.17) is 71.1 Å². The van der Waals surface area contributed by atoms with Gasteiger partial charge < -0.3 is 199 Å². The quantitative estimate of drug-likeness (QED) is 0.0427. The Morgan fingerprint density at radius 3 is 1.39 bits per heavy atom. The molecule has 0 saturated carbocycles. The van der Waals surface area contributed by atoms with Crippen LogP contribution in [-0.2, 0) is 85.4 Å². The molecule has 0 aliphatic carbocycles. The van der Waals surface area contributed by atoms with Crippen LogP contribution >= 0.6 is 0 Å². The largest absolute Gasteiger partial charge is 0.477 e. The van der Waals surface area contributed by atoms with Gasteiger partial charge in [0.15, 0.2) is 44.0 Å². The number of carbonyl (C=O) groups excluding carboxylic acids is 2. The number of carbonyl (C=O) groups is 3. The zero-order valence-electron chi connectivity index (χ0n) is 53.0. The normalized spacial score (nSPS) is 50.2. The van der Waals surface area contributed by atoms with E-state index in [9.17, 15) is 132 Å². The first-order valence-corrected chi connectivity index (χ1v) is 31.3. The molecule has 0 spiro atoms. The van der Waals surface area contributed by atoms with E-state index in [1.165, 1.54) is 20.8 Å². The molecule has 8 aliphatic rings. The molecule has 0 radical (unpaired) electrons. The molecule has 0 aromatic carbocycles. The van der Waals surface area contributed by atoms with Crippen LogP contribution < -0.4 is 10.6 Å². The molecule has 8 heterocycles. The second-order valence-electron chi connectivity index (χ2n) is 25.3. The summed E-state index contributed by atoms with van der Waals surface area (Å²) in [6.07, 6.45) is -76.4. The van der Waals surface area contributed by atoms with Gasteiger partial charge in [-0.15, -0.1) is 0 Å². The first kappa shape index (κ1) is 80.6. The highest BCUT2D eigenvalue weighted by atomic mass is 16.8. The number of nitrogens with one attached hydrogen (secondary N) is 2. The SMILES string of the molecule is CC(=O)N[C@H]1[C@H](O[C@H]2[C@@H](O)[C@@H](CO[C@]3(C(=O)O)C[C@H](O[C@@H]4O[C@@H](C)[C@@H](O)[C@@H](O[C@@H]5O[C@@H](C)[C@@H](O)[C@@H](O)[C@@H]5O)[C@@H]4O)[C@@H](O)[C@H]([C@H](O)[C@H](O)CO)O3)OC(O)[C@@H]2NC(C)=O)O[C@H](CO)[C@@H](O[C@@H]2O[C@H](CO)[C@H](O[C@H]3O[C@H](CO)[C@H](O)[C@H](O)[C@H]3O)[C@H](O)[C@H]2O[C@@H]2O[C@@H](C)[C@@H](O)[C@@H](O)[C@@H]2O)[C@@H]1O. The molecule has 41 atom stereocenters. The van der Waals surface area contributed by atoms with Crippen molar-refractivity contribution in [1.29, 1.82) is 0 Å². The van der Waals surface area contributed by atoms with E-state index >= 15 is 0 Å². The van der Waals surface area contributed by atoms with Crippen molar-refractivity contribution < 1.29 is 203 Å². The van der Waals surface area contributed by atoms with Gasteiger partial charge in [0, 0.05) is 20.3 Å². The van der Waals surface area contributed by atoms with Crippen molar-refractivity contribution >= 4 is 17.8 Å². The zero-order chi connectivity index (χ0) is 72.6. The smallest absolute Gasteiger partial charge is 0.364 e. The number of ether oxygens (including phenoxy) is 15. The van der Waals surface area contributed by atoms with Crippen LogP contribution in [0.2, 0.25) is 0 Å². The molecule has 0 aromatic rings. The third-order valence-electron chi connectivity index (χ3n) is 18.3. The summed E-state index contributed by atoms with van der Waals surface area (Å²) in [4.78, 5) is 39.3. The molecule has 568 valence electrons. The van der Waals surface area contributed by atoms with E-state index < -0.39 is 308 Å². The van der Waals surface area contributed by atoms with Crippen LogP contribution in [-0.4, -0.2) is 419 Å². The fourth-order valence-electron chi connectivity index (χ4n) is 12.6. The molecule has 2 amide bonds. The topological polar surface area (TPSA) is 679 Å². The van der Waals surface area contributed by atoms with Gasteiger partial charge in [-0.05, 0) is 20.8 Å². The molecular weight excluding hydrogens is 1340 g/mol. The maximum atomic E-state index is 13.6. The Labute approximate surface area is 555 Å². The molecule has 25 N–H and O–H groups in total. The number of hydrogen-bond donors (Lipinski definition) is 25. The number of amides is 2. The lowest BCUT2D eigenvalue weighted by molar-refractivity contribution is -0.400. The van der Waals surface area contributed by atoms with Crippen LogP contribution in [0.4, 0.5) is 0 Å². The molecule has 98 heavy (non-hydrogen) atoms. The van der Waals surface area contributed by atoms with Gasteiger partial charge in [0.05, 0.1) is 57.5 Å². The number of aliphatic carboxylic acids is 1. The molecule has 43 heteroatoms. The predicted octanol–water partition coefficient (Wildman–Crippen LogP) is -15.9. The highest BCUT2D eigenvalue weighted by molar-refractivity contribution is 5.76. The van der Waals surface area contributed by atoms with E-state index in [0.29, 0.717) is 0 Å². The molecule has 8 fully saturated rings. The van der Waals surface area contributed by atoms with E-state index in [1.54, 1.807) is 0 Å². The maximum Gasteiger partial charge on any atom is 0.364 e. The Morgan fingerprint density at radius 1 is 0.429 bits per heavy atom. The third-order valence-corrected chi connectivity index (χ3v) is 18.3. The Balaban J connectivity index is 1.05. The van der Waals surface area contributed by atoms with Gasteiger partial charge in [-0.3, -0.25) is 9.59 Å². The average Bonchev–Trinajstić information content (AvgIpc) is 0.766. The van der Waals surface area contributed by atoms with Gasteiger partial charge in [-0.2, -0.15) is 0 Å². The van der Waals surface area contributed by atoms with Crippen LogP contribution in [0.5, 0.6) is 0 Å². The summed E-state index contributed by atoms with van der Waals surface area (Å²) < 4.78 is 87.0. The standard InChI is InChI=1S/C55H92N2O41/c1-12-25(65)33(73)36(76)49(85-12)96-44-27(67)14(3)87-52(40(44)80)89-18-6-55(54(82)83,98-45(30(18)70)28(68)17(64)7-58)84-11-22-31(71)43(24(47(81)88-22)57-16(5)63)95-48-23(56-15(4)62)32(72)41(20(9-60)91-48)94-53-46(97-50-37(77)34(74)26(66)13(2)86-50)39(79)42(21(10-61)92-53)93-51-38(78)35(75)29(69)19(8-59)90-51/h12-14,17-53,58-61,64-81H,6-11H2,1-5H3,(H,56,62)(H,57,63)(H,82,83)/t12-,13-,14-,17+,18-,19+,20+,21+,22+,23+,24+,25+,26+,27+,28+,29-,30+,31-,32+,33+,34+,35-,36-,37-,38+,39-,40-,41+,42-,43+,44+,45-,46+,47?,48-,49-,50-,51+,52-,53-,55+/m0/s1. The Hall–Kier alpha value is -3.07. The predicted molar refractivity (Wildman–Crippen MR) is 301 cm³/mol. The second-order valence-corrected chi connectivity index (χ2v) is 25.3. The molecule has 0 bridgehead atoms. The number of rotatable bonds is 24. The summed E-state index contributed by atoms with van der Waals surface area (Å²) in [6, 6.07) is -3.88. The summed E-state index contributed by atoms with van der Waals surface area (Å²) >= 11 is 0. The highest BCUT2D eigenvalue weighted by Gasteiger charge is 2.62. The molecule has 8 aliphatic heterocycles. The van der Waals surface area contributed by atoms with Crippen molar-refractivity contribution in [2.24, 2.45) is 0 Å². The van der Waals surface area contributed by atoms with E-state index in [1.807, 2.05) is 0 Å². The minimum atomic E-state index is -3.25. The summed E-state index contributed by atoms with van der Waals surface area (Å²) in [5.74, 6) is -7.26. The molecule has 0 aromatic heterocycles. The van der Waals surface area contributed by atoms with Gasteiger partial charge in [-0.1, -0.05) is 0 Å². The van der Waals surface area contributed by atoms with Crippen LogP contribution in [0.3, 0.4) is 0 Å². The van der Waals surface area contributed by atoms with Gasteiger partial charge in [0.25, 0.3) is 5.79 Å². The van der Waals surface area contributed by atoms with Crippen LogP contribution in [0.25, 0.3) is 0 Å². The van der Waals surface area contributed by atoms with Crippen molar-refractivity contribution in [3.8, 4) is 0 Å². The zero-order valence-corrected chi connectivity index (χ0v) is 53.0. The van der Waals surface area contributed by atoms with Crippen LogP contribution in [0, 0.1) is 0 Å². The van der Waals surface area contributed by atoms with Crippen molar-refractivity contribution in [3.05, 3.63) is 0 Å². The lowest BCUT2D eigenvalue weighted by atomic mass is 9.90. The number of carboxylic acid groups (broad SMARTS) is 1. The molecule has 43 nitrogen and oxygen atoms in total. The van der Waals surface area contributed by atoms with Crippen LogP contribution in [0.1, 0.15) is 41.0 Å². The highest BCUT2D eigenvalue weighted by Crippen LogP contribution is 2.41. The van der Waals surface area contributed by atoms with Gasteiger partial charge in [0.2, 0.25) is 11.8 Å². The number of aliphatic hydroxyl groups is 22. The number of aliphatic hydroxyl groups excluding tert-OH is 22. The lowest BCUT2D eigenvalue weighted by Crippen LogP contribution is -2.71. The van der Waals surface area contributed by atoms with Crippen molar-refractivity contribution in [3.63, 3.8) is 0 Å². The van der Waals surface area contributed by atoms with E-state index in [2.05, 4.69) is 10.6 Å². The van der Waals surface area contributed by atoms with E-state index in [-0.39, 0.29) is 0 Å². The van der Waals surface area contributed by atoms with Crippen molar-refractivity contribution in [2.75, 3.05) is 33.0 Å². The number of carboxylic acids is 1. The van der Waals surface area contributed by atoms with Gasteiger partial charge in [-0.25, -0.2) is 4.79 Å². The van der Waals surface area contributed by atoms with Crippen LogP contribution in [0.15, 0.2) is 0 Å². The van der Waals surface area contributed by atoms with Gasteiger partial charge >= 0.3 is 5.97 Å². The maximum absolute atomic E-state index is 13.6. The first-order chi connectivity index (χ1) is 46.0. The summed E-state index contributed by atoms with van der Waals surface area (Å²) in [5.41, 5.74) is 0. The molecular formula is C55H92N2O41. The lowest BCUT2D eigenvalue weighted by Gasteiger charge is -2.51. The summed E-state index contributed by atoms with van der Waals surface area (Å²) in [6.45, 7) is -0.0736. The second kappa shape index (κ2) is 33.8. The van der Waals surface area contributed by atoms with Gasteiger partial charge in [0.1, 0.15) is 177 Å². The first-order valence-electron chi connectivity index (χ1n) is 31.3. The Morgan fingerprint density at radius 2 is 0.867 bits per heavy atom. The summed E-state index contributed by atoms with van der Waals surface area (Å²) in [5, 5.41) is 256. The third kappa shape index (κ3) is 17.0. The minimum absolute atomic E-state index is 0.931. The van der Waals surface area contributed by atoms with E-state index in [0.717, 1.165) is 13.8 Å². The monoisotopic (exact) mass is 1440 g/mol. The fourth-order valence-corrected chi connectivity index (χ4v) is 12.6. The minimum Gasteiger partial charge on any atom is -0.477 e. The van der Waals surface area contributed by atoms with Crippen molar-refractivity contribution in [2.45, 2.75) is 292 Å². The number of hydrogen-bond acceptors (Lipinski definition) is 40. The molecule has 1 unspecified atom stereocenters.